The SMILES string of the molecule is COc1cccc(NC(=O)COc2ccc(C(=O)N[C@H](C)c3ccccc3C)cc2)c1. The Morgan fingerprint density at radius 2 is 1.68 bits per heavy atom. The first-order valence-electron chi connectivity index (χ1n) is 9.99. The zero-order chi connectivity index (χ0) is 22.2. The van der Waals surface area contributed by atoms with Crippen LogP contribution in [0.25, 0.3) is 0 Å². The number of carbonyl (C=O) groups excluding carboxylic acids is 2. The van der Waals surface area contributed by atoms with Crippen molar-refractivity contribution in [2.45, 2.75) is 19.9 Å². The molecule has 3 aromatic rings. The van der Waals surface area contributed by atoms with Gasteiger partial charge in [0.25, 0.3) is 11.8 Å². The normalized spacial score (nSPS) is 11.3. The summed E-state index contributed by atoms with van der Waals surface area (Å²) >= 11 is 0. The number of amides is 2. The Bertz CT molecular complexity index is 1050. The van der Waals surface area contributed by atoms with E-state index in [0.29, 0.717) is 22.7 Å². The summed E-state index contributed by atoms with van der Waals surface area (Å²) in [5, 5.41) is 5.76. The molecular formula is C25H26N2O4. The average molecular weight is 418 g/mol. The molecule has 0 saturated carbocycles. The predicted molar refractivity (Wildman–Crippen MR) is 121 cm³/mol. The van der Waals surface area contributed by atoms with Crippen LogP contribution in [0.1, 0.15) is 34.5 Å². The molecule has 0 aliphatic carbocycles. The summed E-state index contributed by atoms with van der Waals surface area (Å²) in [5.41, 5.74) is 3.36. The predicted octanol–water partition coefficient (Wildman–Crippen LogP) is 4.51. The van der Waals surface area contributed by atoms with Crippen molar-refractivity contribution in [2.75, 3.05) is 19.0 Å². The number of methoxy groups -OCH3 is 1. The van der Waals surface area contributed by atoms with E-state index in [-0.39, 0.29) is 24.5 Å². The maximum absolute atomic E-state index is 12.5. The second-order valence-corrected chi connectivity index (χ2v) is 7.14. The van der Waals surface area contributed by atoms with E-state index in [9.17, 15) is 9.59 Å². The maximum Gasteiger partial charge on any atom is 0.262 e. The van der Waals surface area contributed by atoms with Gasteiger partial charge in [-0.05, 0) is 61.4 Å². The monoisotopic (exact) mass is 418 g/mol. The average Bonchev–Trinajstić information content (AvgIpc) is 2.78. The van der Waals surface area contributed by atoms with Gasteiger partial charge in [-0.2, -0.15) is 0 Å². The van der Waals surface area contributed by atoms with Crippen molar-refractivity contribution in [3.05, 3.63) is 89.5 Å². The van der Waals surface area contributed by atoms with E-state index < -0.39 is 0 Å². The third-order valence-corrected chi connectivity index (χ3v) is 4.84. The van der Waals surface area contributed by atoms with Crippen LogP contribution < -0.4 is 20.1 Å². The highest BCUT2D eigenvalue weighted by Gasteiger charge is 2.13. The van der Waals surface area contributed by atoms with E-state index in [1.807, 2.05) is 38.1 Å². The molecule has 0 heterocycles. The lowest BCUT2D eigenvalue weighted by molar-refractivity contribution is -0.118. The van der Waals surface area contributed by atoms with Gasteiger partial charge >= 0.3 is 0 Å². The summed E-state index contributed by atoms with van der Waals surface area (Å²) < 4.78 is 10.7. The highest BCUT2D eigenvalue weighted by atomic mass is 16.5. The van der Waals surface area contributed by atoms with Gasteiger partial charge in [0.05, 0.1) is 13.2 Å². The third-order valence-electron chi connectivity index (χ3n) is 4.84. The lowest BCUT2D eigenvalue weighted by atomic mass is 10.0. The van der Waals surface area contributed by atoms with Gasteiger partial charge in [0.15, 0.2) is 6.61 Å². The van der Waals surface area contributed by atoms with E-state index in [1.165, 1.54) is 0 Å². The van der Waals surface area contributed by atoms with Crippen LogP contribution in [-0.2, 0) is 4.79 Å². The molecule has 3 rings (SSSR count). The topological polar surface area (TPSA) is 76.7 Å². The fourth-order valence-electron chi connectivity index (χ4n) is 3.18. The molecular weight excluding hydrogens is 392 g/mol. The van der Waals surface area contributed by atoms with Crippen LogP contribution in [0, 0.1) is 6.92 Å². The number of hydrogen-bond acceptors (Lipinski definition) is 4. The van der Waals surface area contributed by atoms with E-state index in [1.54, 1.807) is 55.6 Å². The Balaban J connectivity index is 1.52. The van der Waals surface area contributed by atoms with Crippen LogP contribution in [-0.4, -0.2) is 25.5 Å². The number of hydrogen-bond donors (Lipinski definition) is 2. The van der Waals surface area contributed by atoms with Gasteiger partial charge in [-0.25, -0.2) is 0 Å². The molecule has 0 unspecified atom stereocenters. The van der Waals surface area contributed by atoms with Crippen LogP contribution in [0.4, 0.5) is 5.69 Å². The first kappa shape index (κ1) is 21.9. The summed E-state index contributed by atoms with van der Waals surface area (Å²) in [5.74, 6) is 0.703. The standard InChI is InChI=1S/C25H26N2O4/c1-17-7-4-5-10-23(17)18(2)26-25(29)19-11-13-21(14-12-19)31-16-24(28)27-20-8-6-9-22(15-20)30-3/h4-15,18H,16H2,1-3H3,(H,26,29)(H,27,28)/t18-/m1/s1. The quantitative estimate of drug-likeness (QED) is 0.564. The Kier molecular flexibility index (Phi) is 7.27. The lowest BCUT2D eigenvalue weighted by Gasteiger charge is -2.16. The van der Waals surface area contributed by atoms with Crippen molar-refractivity contribution < 1.29 is 19.1 Å². The van der Waals surface area contributed by atoms with Gasteiger partial charge in [0.1, 0.15) is 11.5 Å². The Labute approximate surface area is 182 Å². The Morgan fingerprint density at radius 1 is 0.935 bits per heavy atom. The number of carbonyl (C=O) groups is 2. The summed E-state index contributed by atoms with van der Waals surface area (Å²) in [6.45, 7) is 3.83. The van der Waals surface area contributed by atoms with E-state index in [4.69, 9.17) is 9.47 Å². The molecule has 0 aliphatic rings. The fourth-order valence-corrected chi connectivity index (χ4v) is 3.18. The number of rotatable bonds is 8. The number of ether oxygens (including phenoxy) is 2. The van der Waals surface area contributed by atoms with Crippen molar-refractivity contribution in [1.29, 1.82) is 0 Å². The number of anilines is 1. The molecule has 6 nitrogen and oxygen atoms in total. The summed E-state index contributed by atoms with van der Waals surface area (Å²) in [4.78, 5) is 24.6. The van der Waals surface area contributed by atoms with E-state index in [2.05, 4.69) is 10.6 Å². The second-order valence-electron chi connectivity index (χ2n) is 7.14. The minimum Gasteiger partial charge on any atom is -0.497 e. The molecule has 0 fully saturated rings. The zero-order valence-corrected chi connectivity index (χ0v) is 17.8. The minimum absolute atomic E-state index is 0.107. The number of aryl methyl sites for hydroxylation is 1. The van der Waals surface area contributed by atoms with Crippen molar-refractivity contribution in [3.8, 4) is 11.5 Å². The molecule has 0 spiro atoms. The first-order valence-corrected chi connectivity index (χ1v) is 9.99. The van der Waals surface area contributed by atoms with Crippen molar-refractivity contribution >= 4 is 17.5 Å². The van der Waals surface area contributed by atoms with E-state index >= 15 is 0 Å². The molecule has 160 valence electrons. The van der Waals surface area contributed by atoms with Crippen molar-refractivity contribution in [1.82, 2.24) is 5.32 Å². The molecule has 31 heavy (non-hydrogen) atoms. The third kappa shape index (κ3) is 6.09. The molecule has 1 atom stereocenters. The minimum atomic E-state index is -0.290. The van der Waals surface area contributed by atoms with Gasteiger partial charge in [-0.1, -0.05) is 30.3 Å². The summed E-state index contributed by atoms with van der Waals surface area (Å²) in [6, 6.07) is 21.6. The molecule has 3 aromatic carbocycles. The van der Waals surface area contributed by atoms with Crippen LogP contribution in [0.3, 0.4) is 0 Å². The number of nitrogens with one attached hydrogen (secondary N) is 2. The summed E-state index contributed by atoms with van der Waals surface area (Å²) in [7, 11) is 1.57. The molecule has 0 radical (unpaired) electrons. The van der Waals surface area contributed by atoms with Gasteiger partial charge in [-0.3, -0.25) is 9.59 Å². The second kappa shape index (κ2) is 10.3. The molecule has 2 N–H and O–H groups in total. The van der Waals surface area contributed by atoms with Crippen molar-refractivity contribution in [3.63, 3.8) is 0 Å². The maximum atomic E-state index is 12.5. The Hall–Kier alpha value is -3.80. The van der Waals surface area contributed by atoms with E-state index in [0.717, 1.165) is 11.1 Å². The van der Waals surface area contributed by atoms with Crippen LogP contribution in [0.15, 0.2) is 72.8 Å². The van der Waals surface area contributed by atoms with Crippen LogP contribution in [0.2, 0.25) is 0 Å². The summed E-state index contributed by atoms with van der Waals surface area (Å²) in [6.07, 6.45) is 0. The smallest absolute Gasteiger partial charge is 0.262 e. The number of benzene rings is 3. The molecule has 0 bridgehead atoms. The van der Waals surface area contributed by atoms with Crippen LogP contribution >= 0.6 is 0 Å². The molecule has 0 saturated heterocycles. The van der Waals surface area contributed by atoms with Crippen molar-refractivity contribution in [2.24, 2.45) is 0 Å². The van der Waals surface area contributed by atoms with Crippen LogP contribution in [0.5, 0.6) is 11.5 Å². The molecule has 2 amide bonds. The van der Waals surface area contributed by atoms with Gasteiger partial charge < -0.3 is 20.1 Å². The van der Waals surface area contributed by atoms with Gasteiger partial charge in [0, 0.05) is 17.3 Å². The largest absolute Gasteiger partial charge is 0.497 e. The molecule has 6 heteroatoms. The van der Waals surface area contributed by atoms with Gasteiger partial charge in [0.2, 0.25) is 0 Å². The van der Waals surface area contributed by atoms with Gasteiger partial charge in [-0.15, -0.1) is 0 Å². The fraction of sp³-hybridized carbons (Fsp3) is 0.200. The zero-order valence-electron chi connectivity index (χ0n) is 17.8. The lowest BCUT2D eigenvalue weighted by Crippen LogP contribution is -2.27. The molecule has 0 aromatic heterocycles. The highest BCUT2D eigenvalue weighted by molar-refractivity contribution is 5.94. The first-order chi connectivity index (χ1) is 15.0. The Morgan fingerprint density at radius 3 is 2.39 bits per heavy atom. The highest BCUT2D eigenvalue weighted by Crippen LogP contribution is 2.19. The molecule has 0 aliphatic heterocycles.